The summed E-state index contributed by atoms with van der Waals surface area (Å²) < 4.78 is 0. The van der Waals surface area contributed by atoms with Crippen LogP contribution in [0.4, 0.5) is 0 Å². The van der Waals surface area contributed by atoms with Gasteiger partial charge in [-0.3, -0.25) is 5.32 Å². The Kier molecular flexibility index (Phi) is 2.40. The summed E-state index contributed by atoms with van der Waals surface area (Å²) in [7, 11) is 0. The molecular weight excluding hydrogens is 178 g/mol. The Morgan fingerprint density at radius 2 is 2.08 bits per heavy atom. The molecule has 1 unspecified atom stereocenters. The van der Waals surface area contributed by atoms with Crippen molar-refractivity contribution in [2.24, 2.45) is 5.92 Å². The molecule has 1 aliphatic carbocycles. The molecule has 0 aromatic rings. The van der Waals surface area contributed by atoms with Gasteiger partial charge in [0.15, 0.2) is 0 Å². The lowest BCUT2D eigenvalue weighted by atomic mass is 10.0. The van der Waals surface area contributed by atoms with E-state index in [9.17, 15) is 0 Å². The second-order valence-corrected chi connectivity index (χ2v) is 6.52. The van der Waals surface area contributed by atoms with Crippen molar-refractivity contribution in [1.82, 2.24) is 5.32 Å². The largest absolute Gasteiger partial charge is 0.297 e. The average Bonchev–Trinajstić information content (AvgIpc) is 2.80. The molecule has 76 valence electrons. The highest BCUT2D eigenvalue weighted by molar-refractivity contribution is 8.01. The normalized spacial score (nSPS) is 38.1. The lowest BCUT2D eigenvalue weighted by molar-refractivity contribution is 0.318. The van der Waals surface area contributed by atoms with Crippen LogP contribution in [-0.2, 0) is 0 Å². The minimum absolute atomic E-state index is 0.364. The summed E-state index contributed by atoms with van der Waals surface area (Å²) >= 11 is 2.18. The van der Waals surface area contributed by atoms with Crippen LogP contribution in [0.2, 0.25) is 0 Å². The predicted octanol–water partition coefficient (Wildman–Crippen LogP) is 3.01. The first-order valence-electron chi connectivity index (χ1n) is 5.51. The van der Waals surface area contributed by atoms with Crippen LogP contribution in [0.25, 0.3) is 0 Å². The van der Waals surface area contributed by atoms with Gasteiger partial charge in [-0.05, 0) is 39.0 Å². The number of hydrogen-bond donors (Lipinski definition) is 1. The molecular formula is C11H21NS. The molecule has 0 aromatic carbocycles. The SMILES string of the molecule is CCCC1(C2CC2)NC(C)(C)CS1. The van der Waals surface area contributed by atoms with Crippen LogP contribution >= 0.6 is 11.8 Å². The van der Waals surface area contributed by atoms with E-state index in [0.717, 1.165) is 5.92 Å². The van der Waals surface area contributed by atoms with E-state index >= 15 is 0 Å². The fourth-order valence-electron chi connectivity index (χ4n) is 2.43. The molecule has 2 rings (SSSR count). The Balaban J connectivity index is 2.07. The second kappa shape index (κ2) is 3.16. The number of nitrogens with one attached hydrogen (secondary N) is 1. The van der Waals surface area contributed by atoms with Gasteiger partial charge in [0.25, 0.3) is 0 Å². The Morgan fingerprint density at radius 1 is 1.38 bits per heavy atom. The highest BCUT2D eigenvalue weighted by atomic mass is 32.2. The number of thioether (sulfide) groups is 1. The first kappa shape index (κ1) is 9.85. The van der Waals surface area contributed by atoms with Gasteiger partial charge in [0, 0.05) is 11.3 Å². The average molecular weight is 199 g/mol. The van der Waals surface area contributed by atoms with Crippen LogP contribution in [0.1, 0.15) is 46.5 Å². The molecule has 0 aromatic heterocycles. The van der Waals surface area contributed by atoms with Gasteiger partial charge < -0.3 is 0 Å². The van der Waals surface area contributed by atoms with Gasteiger partial charge in [0.2, 0.25) is 0 Å². The van der Waals surface area contributed by atoms with E-state index < -0.39 is 0 Å². The van der Waals surface area contributed by atoms with Gasteiger partial charge in [0.1, 0.15) is 0 Å². The first-order valence-corrected chi connectivity index (χ1v) is 6.50. The molecule has 1 aliphatic heterocycles. The molecule has 1 N–H and O–H groups in total. The van der Waals surface area contributed by atoms with Crippen LogP contribution in [0.3, 0.4) is 0 Å². The van der Waals surface area contributed by atoms with Crippen molar-refractivity contribution in [1.29, 1.82) is 0 Å². The quantitative estimate of drug-likeness (QED) is 0.750. The van der Waals surface area contributed by atoms with E-state index in [1.807, 2.05) is 0 Å². The number of rotatable bonds is 3. The maximum atomic E-state index is 3.87. The van der Waals surface area contributed by atoms with Gasteiger partial charge in [-0.15, -0.1) is 11.8 Å². The Hall–Kier alpha value is 0.310. The summed E-state index contributed by atoms with van der Waals surface area (Å²) in [6, 6.07) is 0. The van der Waals surface area contributed by atoms with Gasteiger partial charge in [-0.25, -0.2) is 0 Å². The zero-order valence-electron chi connectivity index (χ0n) is 9.02. The fraction of sp³-hybridized carbons (Fsp3) is 1.00. The molecule has 0 spiro atoms. The summed E-state index contributed by atoms with van der Waals surface area (Å²) in [6.45, 7) is 6.97. The van der Waals surface area contributed by atoms with Crippen LogP contribution in [-0.4, -0.2) is 16.2 Å². The molecule has 2 fully saturated rings. The van der Waals surface area contributed by atoms with Crippen molar-refractivity contribution < 1.29 is 0 Å². The predicted molar refractivity (Wildman–Crippen MR) is 60.0 cm³/mol. The van der Waals surface area contributed by atoms with Crippen molar-refractivity contribution in [3.63, 3.8) is 0 Å². The van der Waals surface area contributed by atoms with Crippen LogP contribution in [0.15, 0.2) is 0 Å². The molecule has 1 saturated carbocycles. The van der Waals surface area contributed by atoms with Crippen LogP contribution in [0, 0.1) is 5.92 Å². The minimum Gasteiger partial charge on any atom is -0.297 e. The Labute approximate surface area is 86.0 Å². The molecule has 0 radical (unpaired) electrons. The maximum absolute atomic E-state index is 3.87. The van der Waals surface area contributed by atoms with Crippen LogP contribution in [0.5, 0.6) is 0 Å². The monoisotopic (exact) mass is 199 g/mol. The highest BCUT2D eigenvalue weighted by Gasteiger charge is 2.51. The standard InChI is InChI=1S/C11H21NS/c1-4-7-11(9-5-6-9)12-10(2,3)8-13-11/h9,12H,4-8H2,1-3H3. The third kappa shape index (κ3) is 1.89. The maximum Gasteiger partial charge on any atom is 0.0678 e. The van der Waals surface area contributed by atoms with Gasteiger partial charge in [-0.2, -0.15) is 0 Å². The first-order chi connectivity index (χ1) is 6.08. The molecule has 0 amide bonds. The van der Waals surface area contributed by atoms with E-state index in [-0.39, 0.29) is 0 Å². The van der Waals surface area contributed by atoms with E-state index in [4.69, 9.17) is 0 Å². The van der Waals surface area contributed by atoms with Crippen molar-refractivity contribution >= 4 is 11.8 Å². The van der Waals surface area contributed by atoms with Gasteiger partial charge in [-0.1, -0.05) is 13.3 Å². The summed E-state index contributed by atoms with van der Waals surface area (Å²) in [5.74, 6) is 2.25. The van der Waals surface area contributed by atoms with Crippen molar-refractivity contribution in [3.8, 4) is 0 Å². The molecule has 0 bridgehead atoms. The fourth-order valence-corrected chi connectivity index (χ4v) is 4.29. The van der Waals surface area contributed by atoms with E-state index in [1.165, 1.54) is 31.4 Å². The number of hydrogen-bond acceptors (Lipinski definition) is 2. The van der Waals surface area contributed by atoms with Gasteiger partial charge in [0.05, 0.1) is 4.87 Å². The van der Waals surface area contributed by atoms with E-state index in [1.54, 1.807) is 0 Å². The molecule has 1 heterocycles. The van der Waals surface area contributed by atoms with Crippen molar-refractivity contribution in [2.75, 3.05) is 5.75 Å². The summed E-state index contributed by atoms with van der Waals surface area (Å²) in [6.07, 6.45) is 5.57. The zero-order valence-corrected chi connectivity index (χ0v) is 9.84. The summed E-state index contributed by atoms with van der Waals surface area (Å²) in [5.41, 5.74) is 0.364. The van der Waals surface area contributed by atoms with Gasteiger partial charge >= 0.3 is 0 Å². The Morgan fingerprint density at radius 3 is 2.46 bits per heavy atom. The molecule has 2 heteroatoms. The lowest BCUT2D eigenvalue weighted by Crippen LogP contribution is -2.48. The van der Waals surface area contributed by atoms with Crippen molar-refractivity contribution in [3.05, 3.63) is 0 Å². The molecule has 1 atom stereocenters. The third-order valence-corrected chi connectivity index (χ3v) is 5.12. The summed E-state index contributed by atoms with van der Waals surface area (Å²) in [5, 5.41) is 3.87. The topological polar surface area (TPSA) is 12.0 Å². The minimum atomic E-state index is 0.364. The van der Waals surface area contributed by atoms with E-state index in [2.05, 4.69) is 37.8 Å². The Bertz CT molecular complexity index is 198. The molecule has 13 heavy (non-hydrogen) atoms. The van der Waals surface area contributed by atoms with Crippen LogP contribution < -0.4 is 5.32 Å². The zero-order chi connectivity index (χ0) is 9.53. The second-order valence-electron chi connectivity index (χ2n) is 5.21. The van der Waals surface area contributed by atoms with E-state index in [0.29, 0.717) is 10.4 Å². The molecule has 2 aliphatic rings. The van der Waals surface area contributed by atoms with Crippen molar-refractivity contribution in [2.45, 2.75) is 56.9 Å². The molecule has 1 nitrogen and oxygen atoms in total. The highest BCUT2D eigenvalue weighted by Crippen LogP contribution is 2.53. The summed E-state index contributed by atoms with van der Waals surface area (Å²) in [4.78, 5) is 0.457. The molecule has 1 saturated heterocycles. The lowest BCUT2D eigenvalue weighted by Gasteiger charge is -2.31. The third-order valence-electron chi connectivity index (χ3n) is 3.10. The smallest absolute Gasteiger partial charge is 0.0678 e.